The average molecular weight is 289 g/mol. The summed E-state index contributed by atoms with van der Waals surface area (Å²) in [5.74, 6) is 4.37. The minimum atomic E-state index is -0.167. The molecule has 1 N–H and O–H groups in total. The van der Waals surface area contributed by atoms with Gasteiger partial charge in [0, 0.05) is 17.4 Å². The van der Waals surface area contributed by atoms with Crippen LogP contribution in [-0.2, 0) is 9.59 Å². The summed E-state index contributed by atoms with van der Waals surface area (Å²) in [4.78, 5) is 23.4. The average Bonchev–Trinajstić information content (AvgIpc) is 2.35. The monoisotopic (exact) mass is 289 g/mol. The van der Waals surface area contributed by atoms with E-state index in [0.29, 0.717) is 6.54 Å². The maximum Gasteiger partial charge on any atom is 0.150 e. The van der Waals surface area contributed by atoms with Crippen LogP contribution in [0.4, 0.5) is 0 Å². The Morgan fingerprint density at radius 2 is 1.83 bits per heavy atom. The van der Waals surface area contributed by atoms with E-state index in [1.165, 1.54) is 12.8 Å². The molecule has 104 valence electrons. The SMILES string of the molecule is CC(=O)C1CSCCCCSCC(C)C(=O)CN1. The van der Waals surface area contributed by atoms with Crippen LogP contribution in [0.1, 0.15) is 26.7 Å². The van der Waals surface area contributed by atoms with E-state index in [-0.39, 0.29) is 23.5 Å². The van der Waals surface area contributed by atoms with E-state index in [0.717, 1.165) is 23.0 Å². The van der Waals surface area contributed by atoms with Gasteiger partial charge in [0.25, 0.3) is 0 Å². The molecular weight excluding hydrogens is 266 g/mol. The van der Waals surface area contributed by atoms with Crippen LogP contribution in [0, 0.1) is 5.92 Å². The maximum absolute atomic E-state index is 11.9. The van der Waals surface area contributed by atoms with E-state index in [1.54, 1.807) is 6.92 Å². The van der Waals surface area contributed by atoms with Crippen LogP contribution in [0.3, 0.4) is 0 Å². The van der Waals surface area contributed by atoms with E-state index in [9.17, 15) is 9.59 Å². The van der Waals surface area contributed by atoms with Crippen molar-refractivity contribution in [1.82, 2.24) is 5.32 Å². The Morgan fingerprint density at radius 1 is 1.22 bits per heavy atom. The molecule has 18 heavy (non-hydrogen) atoms. The normalized spacial score (nSPS) is 28.9. The summed E-state index contributed by atoms with van der Waals surface area (Å²) in [5.41, 5.74) is 0. The van der Waals surface area contributed by atoms with Gasteiger partial charge in [0.15, 0.2) is 0 Å². The van der Waals surface area contributed by atoms with Crippen molar-refractivity contribution < 1.29 is 9.59 Å². The zero-order chi connectivity index (χ0) is 13.4. The molecule has 0 aromatic carbocycles. The number of nitrogens with one attached hydrogen (secondary N) is 1. The lowest BCUT2D eigenvalue weighted by Crippen LogP contribution is -2.41. The summed E-state index contributed by atoms with van der Waals surface area (Å²) in [6.07, 6.45) is 2.40. The summed E-state index contributed by atoms with van der Waals surface area (Å²) >= 11 is 3.68. The van der Waals surface area contributed by atoms with E-state index in [1.807, 2.05) is 30.4 Å². The van der Waals surface area contributed by atoms with Gasteiger partial charge in [-0.2, -0.15) is 23.5 Å². The lowest BCUT2D eigenvalue weighted by molar-refractivity contribution is -0.121. The highest BCUT2D eigenvalue weighted by Crippen LogP contribution is 2.14. The van der Waals surface area contributed by atoms with E-state index < -0.39 is 0 Å². The van der Waals surface area contributed by atoms with E-state index in [4.69, 9.17) is 0 Å². The molecule has 1 aliphatic rings. The molecular formula is C13H23NO2S2. The lowest BCUT2D eigenvalue weighted by Gasteiger charge is -2.16. The van der Waals surface area contributed by atoms with Crippen LogP contribution in [-0.4, -0.2) is 47.2 Å². The van der Waals surface area contributed by atoms with Crippen molar-refractivity contribution >= 4 is 35.1 Å². The number of hydrogen-bond donors (Lipinski definition) is 1. The third-order valence-corrected chi connectivity index (χ3v) is 5.50. The van der Waals surface area contributed by atoms with Crippen LogP contribution in [0.5, 0.6) is 0 Å². The molecule has 0 amide bonds. The van der Waals surface area contributed by atoms with Crippen molar-refractivity contribution in [1.29, 1.82) is 0 Å². The van der Waals surface area contributed by atoms with Crippen LogP contribution >= 0.6 is 23.5 Å². The minimum absolute atomic E-state index is 0.0866. The molecule has 1 heterocycles. The van der Waals surface area contributed by atoms with E-state index in [2.05, 4.69) is 5.32 Å². The van der Waals surface area contributed by atoms with E-state index >= 15 is 0 Å². The van der Waals surface area contributed by atoms with Gasteiger partial charge in [-0.25, -0.2) is 0 Å². The van der Waals surface area contributed by atoms with Gasteiger partial charge in [0.2, 0.25) is 0 Å². The van der Waals surface area contributed by atoms with Gasteiger partial charge in [0.1, 0.15) is 11.6 Å². The topological polar surface area (TPSA) is 46.2 Å². The van der Waals surface area contributed by atoms with Gasteiger partial charge < -0.3 is 0 Å². The molecule has 0 saturated carbocycles. The van der Waals surface area contributed by atoms with Gasteiger partial charge >= 0.3 is 0 Å². The summed E-state index contributed by atoms with van der Waals surface area (Å²) < 4.78 is 0. The summed E-state index contributed by atoms with van der Waals surface area (Å²) in [7, 11) is 0. The van der Waals surface area contributed by atoms with Crippen molar-refractivity contribution in [3.63, 3.8) is 0 Å². The molecule has 0 aromatic heterocycles. The smallest absolute Gasteiger partial charge is 0.150 e. The first-order valence-electron chi connectivity index (χ1n) is 6.53. The Labute approximate surface area is 118 Å². The molecule has 3 nitrogen and oxygen atoms in total. The van der Waals surface area contributed by atoms with Gasteiger partial charge in [-0.3, -0.25) is 14.9 Å². The Hall–Kier alpha value is -0.0000000000000000763. The fraction of sp³-hybridized carbons (Fsp3) is 0.846. The minimum Gasteiger partial charge on any atom is -0.300 e. The third-order valence-electron chi connectivity index (χ3n) is 3.04. The Kier molecular flexibility index (Phi) is 8.02. The molecule has 0 aromatic rings. The molecule has 0 bridgehead atoms. The second-order valence-electron chi connectivity index (χ2n) is 4.77. The quantitative estimate of drug-likeness (QED) is 0.800. The van der Waals surface area contributed by atoms with Crippen LogP contribution in [0.25, 0.3) is 0 Å². The second-order valence-corrected chi connectivity index (χ2v) is 7.07. The van der Waals surface area contributed by atoms with Gasteiger partial charge in [-0.15, -0.1) is 0 Å². The maximum atomic E-state index is 11.9. The van der Waals surface area contributed by atoms with Crippen molar-refractivity contribution in [2.45, 2.75) is 32.7 Å². The van der Waals surface area contributed by atoms with Gasteiger partial charge in [-0.1, -0.05) is 6.92 Å². The van der Waals surface area contributed by atoms with Crippen molar-refractivity contribution in [3.05, 3.63) is 0 Å². The molecule has 0 aliphatic carbocycles. The zero-order valence-electron chi connectivity index (χ0n) is 11.2. The van der Waals surface area contributed by atoms with Crippen LogP contribution < -0.4 is 5.32 Å². The number of hydrogen-bond acceptors (Lipinski definition) is 5. The first-order chi connectivity index (χ1) is 8.61. The van der Waals surface area contributed by atoms with Crippen molar-refractivity contribution in [2.75, 3.05) is 29.6 Å². The van der Waals surface area contributed by atoms with Crippen LogP contribution in [0.2, 0.25) is 0 Å². The lowest BCUT2D eigenvalue weighted by atomic mass is 10.1. The molecule has 1 rings (SSSR count). The zero-order valence-corrected chi connectivity index (χ0v) is 12.9. The Balaban J connectivity index is 2.51. The fourth-order valence-electron chi connectivity index (χ4n) is 1.68. The van der Waals surface area contributed by atoms with Crippen molar-refractivity contribution in [3.8, 4) is 0 Å². The molecule has 1 fully saturated rings. The third kappa shape index (κ3) is 6.25. The Morgan fingerprint density at radius 3 is 2.44 bits per heavy atom. The summed E-state index contributed by atoms with van der Waals surface area (Å²) in [6.45, 7) is 3.90. The molecule has 1 aliphatic heterocycles. The molecule has 2 atom stereocenters. The number of carbonyl (C=O) groups excluding carboxylic acids is 2. The van der Waals surface area contributed by atoms with Crippen molar-refractivity contribution in [2.24, 2.45) is 5.92 Å². The highest BCUT2D eigenvalue weighted by Gasteiger charge is 2.18. The Bertz CT molecular complexity index is 284. The summed E-state index contributed by atoms with van der Waals surface area (Å²) in [6, 6.07) is -0.167. The number of ketones is 2. The molecule has 0 radical (unpaired) electrons. The number of thioether (sulfide) groups is 2. The second kappa shape index (κ2) is 8.99. The van der Waals surface area contributed by atoms with Crippen LogP contribution in [0.15, 0.2) is 0 Å². The molecule has 1 saturated heterocycles. The highest BCUT2D eigenvalue weighted by atomic mass is 32.2. The van der Waals surface area contributed by atoms with Gasteiger partial charge in [-0.05, 0) is 31.3 Å². The molecule has 5 heteroatoms. The summed E-state index contributed by atoms with van der Waals surface area (Å²) in [5, 5.41) is 3.11. The number of Topliss-reactive ketones (excluding diaryl/α,β-unsaturated/α-hetero) is 2. The first kappa shape index (κ1) is 16.1. The highest BCUT2D eigenvalue weighted by molar-refractivity contribution is 7.99. The standard InChI is InChI=1S/C13H23NO2S2/c1-10-8-17-5-3-4-6-18-9-12(11(2)15)14-7-13(10)16/h10,12,14H,3-9H2,1-2H3. The fourth-order valence-corrected chi connectivity index (χ4v) is 3.96. The first-order valence-corrected chi connectivity index (χ1v) is 8.84. The number of rotatable bonds is 1. The predicted molar refractivity (Wildman–Crippen MR) is 80.5 cm³/mol. The predicted octanol–water partition coefficient (Wildman–Crippen LogP) is 2.00. The number of carbonyl (C=O) groups is 2. The largest absolute Gasteiger partial charge is 0.300 e. The molecule has 2 unspecified atom stereocenters. The van der Waals surface area contributed by atoms with Gasteiger partial charge in [0.05, 0.1) is 12.6 Å². The molecule has 0 spiro atoms.